The summed E-state index contributed by atoms with van der Waals surface area (Å²) in [6, 6.07) is 8.05. The van der Waals surface area contributed by atoms with Crippen LogP contribution in [0.4, 0.5) is 0 Å². The molecule has 24 heavy (non-hydrogen) atoms. The summed E-state index contributed by atoms with van der Waals surface area (Å²) in [5, 5.41) is 3.22. The minimum Gasteiger partial charge on any atom is -0.481 e. The molecule has 1 aromatic rings. The van der Waals surface area contributed by atoms with Gasteiger partial charge in [0.15, 0.2) is 6.10 Å². The van der Waals surface area contributed by atoms with Crippen LogP contribution in [-0.2, 0) is 4.79 Å². The number of benzene rings is 1. The summed E-state index contributed by atoms with van der Waals surface area (Å²) < 4.78 is 5.89. The van der Waals surface area contributed by atoms with Crippen LogP contribution in [0, 0.1) is 5.92 Å². The molecule has 1 N–H and O–H groups in total. The van der Waals surface area contributed by atoms with E-state index in [0.29, 0.717) is 11.8 Å². The highest BCUT2D eigenvalue weighted by Gasteiger charge is 2.26. The van der Waals surface area contributed by atoms with E-state index in [-0.39, 0.29) is 18.3 Å². The molecule has 1 aromatic carbocycles. The summed E-state index contributed by atoms with van der Waals surface area (Å²) in [4.78, 5) is 14.5. The number of nitrogens with zero attached hydrogens (tertiary/aromatic N) is 1. The van der Waals surface area contributed by atoms with Crippen molar-refractivity contribution in [3.8, 4) is 5.75 Å². The molecular weight excluding hydrogens is 324 g/mol. The van der Waals surface area contributed by atoms with Crippen molar-refractivity contribution in [2.45, 2.75) is 45.6 Å². The maximum Gasteiger partial charge on any atom is 0.263 e. The van der Waals surface area contributed by atoms with Crippen molar-refractivity contribution in [3.05, 3.63) is 29.8 Å². The summed E-state index contributed by atoms with van der Waals surface area (Å²) in [5.41, 5.74) is 1.23. The highest BCUT2D eigenvalue weighted by atomic mass is 35.5. The Bertz CT molecular complexity index is 514. The molecule has 1 fully saturated rings. The molecule has 2 rings (SSSR count). The first-order chi connectivity index (χ1) is 11.0. The van der Waals surface area contributed by atoms with Gasteiger partial charge in [-0.25, -0.2) is 0 Å². The van der Waals surface area contributed by atoms with Crippen LogP contribution in [0.5, 0.6) is 5.75 Å². The van der Waals surface area contributed by atoms with E-state index in [9.17, 15) is 4.79 Å². The van der Waals surface area contributed by atoms with Gasteiger partial charge in [-0.1, -0.05) is 26.0 Å². The van der Waals surface area contributed by atoms with Gasteiger partial charge < -0.3 is 15.0 Å². The zero-order valence-electron chi connectivity index (χ0n) is 15.2. The lowest BCUT2D eigenvalue weighted by Crippen LogP contribution is -2.45. The monoisotopic (exact) mass is 354 g/mol. The summed E-state index contributed by atoms with van der Waals surface area (Å²) in [6.07, 6.45) is 1.71. The molecule has 1 aliphatic heterocycles. The largest absolute Gasteiger partial charge is 0.481 e. The molecule has 0 saturated carbocycles. The van der Waals surface area contributed by atoms with Gasteiger partial charge >= 0.3 is 0 Å². The van der Waals surface area contributed by atoms with Crippen molar-refractivity contribution in [3.63, 3.8) is 0 Å². The van der Waals surface area contributed by atoms with Gasteiger partial charge in [-0.05, 0) is 62.9 Å². The number of nitrogens with one attached hydrogen (secondary N) is 1. The van der Waals surface area contributed by atoms with Crippen LogP contribution in [0.2, 0.25) is 0 Å². The Morgan fingerprint density at radius 2 is 1.96 bits per heavy atom. The number of amides is 1. The fourth-order valence-corrected chi connectivity index (χ4v) is 3.10. The van der Waals surface area contributed by atoms with Gasteiger partial charge in [0.2, 0.25) is 0 Å². The molecule has 1 amide bonds. The minimum absolute atomic E-state index is 0. The zero-order valence-corrected chi connectivity index (χ0v) is 16.1. The maximum absolute atomic E-state index is 12.6. The van der Waals surface area contributed by atoms with Crippen LogP contribution in [0.25, 0.3) is 0 Å². The first kappa shape index (κ1) is 20.8. The normalized spacial score (nSPS) is 16.6. The molecule has 0 bridgehead atoms. The molecule has 1 unspecified atom stereocenters. The average Bonchev–Trinajstić information content (AvgIpc) is 2.55. The highest BCUT2D eigenvalue weighted by Crippen LogP contribution is 2.22. The minimum atomic E-state index is -0.432. The second-order valence-electron chi connectivity index (χ2n) is 6.81. The van der Waals surface area contributed by atoms with Crippen molar-refractivity contribution in [1.29, 1.82) is 0 Å². The molecule has 0 aromatic heterocycles. The third kappa shape index (κ3) is 5.67. The predicted molar refractivity (Wildman–Crippen MR) is 101 cm³/mol. The fourth-order valence-electron chi connectivity index (χ4n) is 3.10. The van der Waals surface area contributed by atoms with Gasteiger partial charge in [0.05, 0.1) is 0 Å². The predicted octanol–water partition coefficient (Wildman–Crippen LogP) is 3.46. The Hall–Kier alpha value is -1.26. The number of carbonyl (C=O) groups excluding carboxylic acids is 1. The number of hydrogen-bond acceptors (Lipinski definition) is 3. The lowest BCUT2D eigenvalue weighted by Gasteiger charge is -2.33. The first-order valence-electron chi connectivity index (χ1n) is 8.71. The van der Waals surface area contributed by atoms with Gasteiger partial charge in [0, 0.05) is 13.1 Å². The van der Waals surface area contributed by atoms with Crippen LogP contribution in [0.1, 0.15) is 45.1 Å². The average molecular weight is 355 g/mol. The quantitative estimate of drug-likeness (QED) is 0.850. The van der Waals surface area contributed by atoms with Crippen LogP contribution in [0.3, 0.4) is 0 Å². The third-order valence-electron chi connectivity index (χ3n) is 4.60. The van der Waals surface area contributed by atoms with Crippen molar-refractivity contribution in [2.75, 3.05) is 26.7 Å². The Balaban J connectivity index is 0.00000288. The molecule has 5 heteroatoms. The van der Waals surface area contributed by atoms with Crippen molar-refractivity contribution < 1.29 is 9.53 Å². The number of ether oxygens (including phenoxy) is 1. The molecule has 1 atom stereocenters. The topological polar surface area (TPSA) is 41.6 Å². The fraction of sp³-hybridized carbons (Fsp3) is 0.632. The Kier molecular flexibility index (Phi) is 8.57. The summed E-state index contributed by atoms with van der Waals surface area (Å²) >= 11 is 0. The van der Waals surface area contributed by atoms with Gasteiger partial charge in [-0.2, -0.15) is 0 Å². The molecule has 4 nitrogen and oxygen atoms in total. The zero-order chi connectivity index (χ0) is 16.8. The number of piperidine rings is 1. The second-order valence-corrected chi connectivity index (χ2v) is 6.81. The van der Waals surface area contributed by atoms with E-state index in [1.165, 1.54) is 5.56 Å². The van der Waals surface area contributed by atoms with E-state index in [2.05, 4.69) is 25.2 Å². The van der Waals surface area contributed by atoms with E-state index in [0.717, 1.165) is 38.2 Å². The van der Waals surface area contributed by atoms with Gasteiger partial charge in [-0.3, -0.25) is 4.79 Å². The molecule has 0 radical (unpaired) electrons. The van der Waals surface area contributed by atoms with E-state index in [1.54, 1.807) is 0 Å². The standard InChI is InChI=1S/C19H30N2O2.ClH/c1-14(2)17-6-5-7-18(12-17)23-15(3)19(22)21-10-8-16(9-11-21)13-20-4;/h5-7,12,14-16,20H,8-11,13H2,1-4H3;1H. The van der Waals surface area contributed by atoms with Crippen molar-refractivity contribution in [1.82, 2.24) is 10.2 Å². The summed E-state index contributed by atoms with van der Waals surface area (Å²) in [5.74, 6) is 2.02. The molecule has 136 valence electrons. The van der Waals surface area contributed by atoms with Gasteiger partial charge in [0.1, 0.15) is 5.75 Å². The molecule has 0 spiro atoms. The smallest absolute Gasteiger partial charge is 0.263 e. The number of carbonyl (C=O) groups is 1. The third-order valence-corrected chi connectivity index (χ3v) is 4.60. The van der Waals surface area contributed by atoms with Crippen LogP contribution in [-0.4, -0.2) is 43.6 Å². The maximum atomic E-state index is 12.6. The number of likely N-dealkylation sites (tertiary alicyclic amines) is 1. The Morgan fingerprint density at radius 3 is 2.54 bits per heavy atom. The number of halogens is 1. The molecule has 1 saturated heterocycles. The molecular formula is C19H31ClN2O2. The second kappa shape index (κ2) is 9.90. The Labute approximate surface area is 152 Å². The molecule has 1 aliphatic rings. The van der Waals surface area contributed by atoms with E-state index in [4.69, 9.17) is 4.74 Å². The van der Waals surface area contributed by atoms with Crippen molar-refractivity contribution in [2.24, 2.45) is 5.92 Å². The number of rotatable bonds is 6. The van der Waals surface area contributed by atoms with E-state index in [1.807, 2.05) is 37.1 Å². The highest BCUT2D eigenvalue weighted by molar-refractivity contribution is 5.85. The molecule has 1 heterocycles. The molecule has 0 aliphatic carbocycles. The van der Waals surface area contributed by atoms with E-state index >= 15 is 0 Å². The van der Waals surface area contributed by atoms with E-state index < -0.39 is 6.10 Å². The van der Waals surface area contributed by atoms with Crippen molar-refractivity contribution >= 4 is 18.3 Å². The lowest BCUT2D eigenvalue weighted by molar-refractivity contribution is -0.139. The van der Waals surface area contributed by atoms with Gasteiger partial charge in [0.25, 0.3) is 5.91 Å². The Morgan fingerprint density at radius 1 is 1.29 bits per heavy atom. The SMILES string of the molecule is CNCC1CCN(C(=O)C(C)Oc2cccc(C(C)C)c2)CC1.Cl. The first-order valence-corrected chi connectivity index (χ1v) is 8.71. The summed E-state index contributed by atoms with van der Waals surface area (Å²) in [7, 11) is 1.98. The van der Waals surface area contributed by atoms with Crippen LogP contribution < -0.4 is 10.1 Å². The van der Waals surface area contributed by atoms with Gasteiger partial charge in [-0.15, -0.1) is 12.4 Å². The van der Waals surface area contributed by atoms with Crippen LogP contribution >= 0.6 is 12.4 Å². The lowest BCUT2D eigenvalue weighted by atomic mass is 9.96. The van der Waals surface area contributed by atoms with Crippen LogP contribution in [0.15, 0.2) is 24.3 Å². The number of hydrogen-bond donors (Lipinski definition) is 1. The summed E-state index contributed by atoms with van der Waals surface area (Å²) in [6.45, 7) is 8.88.